The average Bonchev–Trinajstić information content (AvgIpc) is 2.06. The molecule has 0 saturated heterocycles. The van der Waals surface area contributed by atoms with E-state index < -0.39 is 11.4 Å². The van der Waals surface area contributed by atoms with Crippen molar-refractivity contribution in [2.45, 2.75) is 32.6 Å². The maximum atomic E-state index is 10.8. The second-order valence-corrected chi connectivity index (χ2v) is 3.57. The highest BCUT2D eigenvalue weighted by Gasteiger charge is 2.35. The van der Waals surface area contributed by atoms with E-state index in [1.807, 2.05) is 5.94 Å². The molecule has 1 N–H and O–H groups in total. The lowest BCUT2D eigenvalue weighted by Gasteiger charge is -2.28. The van der Waals surface area contributed by atoms with Crippen molar-refractivity contribution in [2.24, 2.45) is 5.41 Å². The van der Waals surface area contributed by atoms with Crippen LogP contribution in [0.5, 0.6) is 0 Å². The summed E-state index contributed by atoms with van der Waals surface area (Å²) in [6.07, 6.45) is 2.30. The summed E-state index contributed by atoms with van der Waals surface area (Å²) in [5.41, 5.74) is 0.106. The van der Waals surface area contributed by atoms with E-state index in [1.165, 1.54) is 0 Å². The number of hydrogen-bond donors (Lipinski definition) is 1. The second-order valence-electron chi connectivity index (χ2n) is 3.57. The van der Waals surface area contributed by atoms with E-state index in [2.05, 4.69) is 0 Å². The minimum Gasteiger partial charge on any atom is -0.481 e. The topological polar surface area (TPSA) is 54.4 Å². The molecule has 0 amide bonds. The fraction of sp³-hybridized carbons (Fsp3) is 0.667. The highest BCUT2D eigenvalue weighted by Crippen LogP contribution is 2.37. The van der Waals surface area contributed by atoms with Crippen LogP contribution in [-0.2, 0) is 9.59 Å². The van der Waals surface area contributed by atoms with Gasteiger partial charge < -0.3 is 5.11 Å². The zero-order valence-electron chi connectivity index (χ0n) is 7.09. The van der Waals surface area contributed by atoms with Crippen molar-refractivity contribution < 1.29 is 14.7 Å². The van der Waals surface area contributed by atoms with E-state index in [-0.39, 0.29) is 0 Å². The fourth-order valence-corrected chi connectivity index (χ4v) is 1.42. The number of aliphatic carboxylic acids is 1. The summed E-state index contributed by atoms with van der Waals surface area (Å²) in [4.78, 5) is 21.0. The molecule has 0 spiro atoms. The van der Waals surface area contributed by atoms with Crippen LogP contribution in [0.15, 0.2) is 5.57 Å². The van der Waals surface area contributed by atoms with Crippen LogP contribution >= 0.6 is 0 Å². The van der Waals surface area contributed by atoms with Gasteiger partial charge in [0.1, 0.15) is 5.94 Å². The summed E-state index contributed by atoms with van der Waals surface area (Å²) < 4.78 is 0. The largest absolute Gasteiger partial charge is 0.481 e. The van der Waals surface area contributed by atoms with Gasteiger partial charge in [-0.2, -0.15) is 0 Å². The van der Waals surface area contributed by atoms with Crippen molar-refractivity contribution in [3.63, 3.8) is 0 Å². The lowest BCUT2D eigenvalue weighted by atomic mass is 9.74. The Morgan fingerprint density at radius 2 is 2.00 bits per heavy atom. The van der Waals surface area contributed by atoms with Gasteiger partial charge in [-0.25, -0.2) is 4.79 Å². The Morgan fingerprint density at radius 3 is 2.33 bits per heavy atom. The number of carbonyl (C=O) groups excluding carboxylic acids is 1. The van der Waals surface area contributed by atoms with Crippen LogP contribution in [0.3, 0.4) is 0 Å². The molecule has 66 valence electrons. The first kappa shape index (κ1) is 9.01. The monoisotopic (exact) mass is 168 g/mol. The summed E-state index contributed by atoms with van der Waals surface area (Å²) in [5, 5.41) is 8.85. The molecule has 1 saturated carbocycles. The molecule has 0 heterocycles. The highest BCUT2D eigenvalue weighted by atomic mass is 16.4. The van der Waals surface area contributed by atoms with Gasteiger partial charge in [0.2, 0.25) is 0 Å². The first-order chi connectivity index (χ1) is 5.58. The summed E-state index contributed by atoms with van der Waals surface area (Å²) in [6.45, 7) is 1.73. The average molecular weight is 168 g/mol. The van der Waals surface area contributed by atoms with Crippen LogP contribution in [0.1, 0.15) is 32.6 Å². The fourth-order valence-electron chi connectivity index (χ4n) is 1.42. The van der Waals surface area contributed by atoms with Crippen LogP contribution < -0.4 is 0 Å². The molecule has 3 nitrogen and oxygen atoms in total. The Labute approximate surface area is 71.1 Å². The maximum absolute atomic E-state index is 10.8. The molecule has 0 radical (unpaired) electrons. The smallest absolute Gasteiger partial charge is 0.309 e. The third-order valence-corrected chi connectivity index (χ3v) is 2.62. The molecule has 0 aromatic heterocycles. The Bertz CT molecular complexity index is 238. The zero-order chi connectivity index (χ0) is 9.19. The van der Waals surface area contributed by atoms with Crippen LogP contribution in [0, 0.1) is 5.41 Å². The van der Waals surface area contributed by atoms with Gasteiger partial charge in [-0.05, 0) is 32.6 Å². The molecule has 0 bridgehead atoms. The quantitative estimate of drug-likeness (QED) is 0.602. The summed E-state index contributed by atoms with van der Waals surface area (Å²) >= 11 is 0. The highest BCUT2D eigenvalue weighted by molar-refractivity contribution is 5.74. The van der Waals surface area contributed by atoms with Crippen molar-refractivity contribution >= 4 is 11.9 Å². The third-order valence-electron chi connectivity index (χ3n) is 2.62. The predicted molar refractivity (Wildman–Crippen MR) is 43.4 cm³/mol. The van der Waals surface area contributed by atoms with Gasteiger partial charge in [0.05, 0.1) is 5.41 Å². The van der Waals surface area contributed by atoms with Gasteiger partial charge in [-0.15, -0.1) is 0 Å². The number of carbonyl (C=O) groups is 1. The van der Waals surface area contributed by atoms with Gasteiger partial charge in [-0.1, -0.05) is 0 Å². The number of hydrogen-bond acceptors (Lipinski definition) is 2. The van der Waals surface area contributed by atoms with Crippen LogP contribution in [0.4, 0.5) is 0 Å². The van der Waals surface area contributed by atoms with Gasteiger partial charge in [0, 0.05) is 5.57 Å². The maximum Gasteiger partial charge on any atom is 0.309 e. The SMILES string of the molecule is CC1(C(=O)O)CCC(=C=O)CC1. The van der Waals surface area contributed by atoms with Crippen LogP contribution in [-0.4, -0.2) is 17.0 Å². The lowest BCUT2D eigenvalue weighted by molar-refractivity contribution is -0.149. The molecule has 12 heavy (non-hydrogen) atoms. The number of allylic oxidation sites excluding steroid dienone is 1. The molecule has 0 unspecified atom stereocenters. The molecule has 1 aliphatic rings. The summed E-state index contributed by atoms with van der Waals surface area (Å²) in [7, 11) is 0. The van der Waals surface area contributed by atoms with Crippen LogP contribution in [0.2, 0.25) is 0 Å². The molecule has 0 aromatic carbocycles. The van der Waals surface area contributed by atoms with Crippen molar-refractivity contribution in [1.29, 1.82) is 0 Å². The molecule has 0 aromatic rings. The standard InChI is InChI=1S/C9H12O3/c1-9(8(11)12)4-2-7(6-10)3-5-9/h2-5H2,1H3,(H,11,12). The van der Waals surface area contributed by atoms with Gasteiger partial charge in [-0.3, -0.25) is 4.79 Å². The van der Waals surface area contributed by atoms with Crippen LogP contribution in [0.25, 0.3) is 0 Å². The van der Waals surface area contributed by atoms with E-state index in [4.69, 9.17) is 5.11 Å². The molecule has 1 aliphatic carbocycles. The van der Waals surface area contributed by atoms with E-state index in [0.29, 0.717) is 25.7 Å². The Hall–Kier alpha value is -1.08. The van der Waals surface area contributed by atoms with Crippen molar-refractivity contribution in [1.82, 2.24) is 0 Å². The summed E-state index contributed by atoms with van der Waals surface area (Å²) in [6, 6.07) is 0. The lowest BCUT2D eigenvalue weighted by Crippen LogP contribution is -2.30. The van der Waals surface area contributed by atoms with Crippen molar-refractivity contribution in [3.05, 3.63) is 5.57 Å². The van der Waals surface area contributed by atoms with E-state index in [9.17, 15) is 9.59 Å². The molecule has 1 fully saturated rings. The Morgan fingerprint density at radius 1 is 1.50 bits per heavy atom. The van der Waals surface area contributed by atoms with E-state index in [0.717, 1.165) is 5.57 Å². The van der Waals surface area contributed by atoms with Gasteiger partial charge in [0.25, 0.3) is 0 Å². The first-order valence-corrected chi connectivity index (χ1v) is 4.05. The number of carboxylic acids is 1. The predicted octanol–water partition coefficient (Wildman–Crippen LogP) is 1.41. The van der Waals surface area contributed by atoms with Crippen molar-refractivity contribution in [2.75, 3.05) is 0 Å². The minimum atomic E-state index is -0.757. The number of rotatable bonds is 1. The van der Waals surface area contributed by atoms with Gasteiger partial charge in [0.15, 0.2) is 0 Å². The Balaban J connectivity index is 2.67. The molecular formula is C9H12O3. The minimum absolute atomic E-state index is 0.562. The van der Waals surface area contributed by atoms with Gasteiger partial charge >= 0.3 is 5.97 Å². The summed E-state index contributed by atoms with van der Waals surface area (Å²) in [5.74, 6) is 1.10. The first-order valence-electron chi connectivity index (χ1n) is 4.05. The molecule has 1 rings (SSSR count). The molecule has 0 atom stereocenters. The van der Waals surface area contributed by atoms with Crippen molar-refractivity contribution in [3.8, 4) is 0 Å². The molecule has 0 aliphatic heterocycles. The Kier molecular flexibility index (Phi) is 2.34. The third kappa shape index (κ3) is 1.56. The second kappa shape index (κ2) is 3.11. The van der Waals surface area contributed by atoms with E-state index in [1.54, 1.807) is 6.92 Å². The zero-order valence-corrected chi connectivity index (χ0v) is 7.09. The normalized spacial score (nSPS) is 29.6. The van der Waals surface area contributed by atoms with E-state index >= 15 is 0 Å². The molecular weight excluding hydrogens is 156 g/mol. The number of carboxylic acid groups (broad SMARTS) is 1. The molecule has 3 heteroatoms.